The van der Waals surface area contributed by atoms with Crippen molar-refractivity contribution in [2.75, 3.05) is 6.54 Å². The summed E-state index contributed by atoms with van der Waals surface area (Å²) < 4.78 is 45.8. The fourth-order valence-electron chi connectivity index (χ4n) is 3.12. The first-order valence-corrected chi connectivity index (χ1v) is 8.41. The molecule has 2 fully saturated rings. The molecular weight excluding hydrogens is 351 g/mol. The van der Waals surface area contributed by atoms with Crippen LogP contribution in [0.25, 0.3) is 0 Å². The summed E-state index contributed by atoms with van der Waals surface area (Å²) in [4.78, 5) is 18.8. The van der Waals surface area contributed by atoms with Crippen LogP contribution in [0.15, 0.2) is 28.8 Å². The van der Waals surface area contributed by atoms with Crippen LogP contribution in [0.3, 0.4) is 0 Å². The molecule has 0 radical (unpaired) electrons. The second kappa shape index (κ2) is 6.30. The minimum absolute atomic E-state index is 0.280. The summed E-state index contributed by atoms with van der Waals surface area (Å²) in [5.41, 5.74) is 0.286. The minimum atomic E-state index is -4.76. The van der Waals surface area contributed by atoms with Crippen molar-refractivity contribution >= 4 is 5.91 Å². The van der Waals surface area contributed by atoms with Gasteiger partial charge >= 0.3 is 6.36 Å². The number of aromatic nitrogens is 2. The van der Waals surface area contributed by atoms with E-state index in [1.54, 1.807) is 4.90 Å². The minimum Gasteiger partial charge on any atom is -0.406 e. The van der Waals surface area contributed by atoms with Crippen molar-refractivity contribution in [1.29, 1.82) is 0 Å². The van der Waals surface area contributed by atoms with Gasteiger partial charge in [-0.25, -0.2) is 0 Å². The average Bonchev–Trinajstić information content (AvgIpc) is 3.13. The Morgan fingerprint density at radius 2 is 1.92 bits per heavy atom. The van der Waals surface area contributed by atoms with E-state index >= 15 is 0 Å². The molecule has 1 unspecified atom stereocenters. The third-order valence-corrected chi connectivity index (χ3v) is 4.53. The normalized spacial score (nSPS) is 20.4. The summed E-state index contributed by atoms with van der Waals surface area (Å²) in [5, 5.41) is 3.99. The van der Waals surface area contributed by atoms with Crippen LogP contribution in [0.5, 0.6) is 5.75 Å². The highest BCUT2D eigenvalue weighted by atomic mass is 19.4. The van der Waals surface area contributed by atoms with Gasteiger partial charge in [-0.2, -0.15) is 4.98 Å². The number of ether oxygens (including phenoxy) is 1. The van der Waals surface area contributed by atoms with Gasteiger partial charge in [0.25, 0.3) is 5.91 Å². The van der Waals surface area contributed by atoms with Gasteiger partial charge in [0.15, 0.2) is 5.82 Å². The Labute approximate surface area is 146 Å². The molecule has 9 heteroatoms. The van der Waals surface area contributed by atoms with Gasteiger partial charge in [-0.3, -0.25) is 4.79 Å². The Morgan fingerprint density at radius 1 is 1.19 bits per heavy atom. The van der Waals surface area contributed by atoms with Crippen LogP contribution in [0.4, 0.5) is 13.2 Å². The highest BCUT2D eigenvalue weighted by molar-refractivity contribution is 5.94. The van der Waals surface area contributed by atoms with Crippen molar-refractivity contribution in [3.63, 3.8) is 0 Å². The predicted octanol–water partition coefficient (Wildman–Crippen LogP) is 3.82. The summed E-state index contributed by atoms with van der Waals surface area (Å²) in [6.07, 6.45) is -1.14. The Hall–Kier alpha value is -2.58. The quantitative estimate of drug-likeness (QED) is 0.822. The number of alkyl halides is 3. The van der Waals surface area contributed by atoms with Gasteiger partial charge in [-0.15, -0.1) is 13.2 Å². The number of rotatable bonds is 4. The van der Waals surface area contributed by atoms with E-state index in [1.807, 2.05) is 0 Å². The van der Waals surface area contributed by atoms with Gasteiger partial charge in [0, 0.05) is 18.0 Å². The molecule has 1 aromatic carbocycles. The van der Waals surface area contributed by atoms with Crippen LogP contribution in [0.1, 0.15) is 59.7 Å². The molecule has 4 rings (SSSR count). The number of carbonyl (C=O) groups is 1. The number of likely N-dealkylation sites (tertiary alicyclic amines) is 1. The summed E-state index contributed by atoms with van der Waals surface area (Å²) in [6, 6.07) is 4.60. The van der Waals surface area contributed by atoms with Gasteiger partial charge in [0.05, 0.1) is 0 Å². The topological polar surface area (TPSA) is 68.5 Å². The molecule has 2 heterocycles. The number of amides is 1. The van der Waals surface area contributed by atoms with E-state index < -0.39 is 6.36 Å². The lowest BCUT2D eigenvalue weighted by Crippen LogP contribution is -2.30. The van der Waals surface area contributed by atoms with Crippen molar-refractivity contribution in [3.8, 4) is 5.75 Å². The number of halogens is 3. The van der Waals surface area contributed by atoms with Crippen LogP contribution >= 0.6 is 0 Å². The van der Waals surface area contributed by atoms with Gasteiger partial charge in [0.1, 0.15) is 11.8 Å². The molecule has 138 valence electrons. The smallest absolute Gasteiger partial charge is 0.406 e. The maximum absolute atomic E-state index is 12.8. The summed E-state index contributed by atoms with van der Waals surface area (Å²) >= 11 is 0. The fraction of sp³-hybridized carbons (Fsp3) is 0.471. The largest absolute Gasteiger partial charge is 0.573 e. The molecule has 1 aromatic heterocycles. The van der Waals surface area contributed by atoms with Crippen molar-refractivity contribution in [1.82, 2.24) is 15.0 Å². The number of nitrogens with zero attached hydrogens (tertiary/aromatic N) is 3. The van der Waals surface area contributed by atoms with E-state index in [4.69, 9.17) is 4.52 Å². The zero-order valence-electron chi connectivity index (χ0n) is 13.7. The van der Waals surface area contributed by atoms with Crippen LogP contribution < -0.4 is 4.74 Å². The van der Waals surface area contributed by atoms with Crippen molar-refractivity contribution < 1.29 is 27.2 Å². The maximum Gasteiger partial charge on any atom is 0.573 e. The van der Waals surface area contributed by atoms with Gasteiger partial charge in [-0.05, 0) is 49.9 Å². The molecule has 1 aliphatic heterocycles. The molecule has 2 aromatic rings. The third kappa shape index (κ3) is 3.51. The van der Waals surface area contributed by atoms with Crippen molar-refractivity contribution in [2.24, 2.45) is 0 Å². The van der Waals surface area contributed by atoms with Crippen molar-refractivity contribution in [3.05, 3.63) is 41.5 Å². The average molecular weight is 367 g/mol. The molecule has 0 spiro atoms. The van der Waals surface area contributed by atoms with E-state index in [0.717, 1.165) is 31.4 Å². The second-order valence-corrected chi connectivity index (χ2v) is 6.49. The Balaban J connectivity index is 1.49. The SMILES string of the molecule is O=C(c1ccc(OC(F)(F)F)cc1)N1CCCC1c1nc(C2CC2)no1. The fourth-order valence-corrected chi connectivity index (χ4v) is 3.12. The van der Waals surface area contributed by atoms with Crippen molar-refractivity contribution in [2.45, 2.75) is 44.0 Å². The lowest BCUT2D eigenvalue weighted by molar-refractivity contribution is -0.274. The number of benzene rings is 1. The molecule has 26 heavy (non-hydrogen) atoms. The summed E-state index contributed by atoms with van der Waals surface area (Å²) in [5.74, 6) is 0.831. The molecule has 0 N–H and O–H groups in total. The van der Waals surface area contributed by atoms with Crippen LogP contribution in [-0.2, 0) is 0 Å². The van der Waals surface area contributed by atoms with Gasteiger partial charge in [0.2, 0.25) is 5.89 Å². The monoisotopic (exact) mass is 367 g/mol. The van der Waals surface area contributed by atoms with E-state index in [-0.39, 0.29) is 23.3 Å². The van der Waals surface area contributed by atoms with Crippen LogP contribution in [-0.4, -0.2) is 33.9 Å². The first-order valence-electron chi connectivity index (χ1n) is 8.41. The molecule has 1 saturated carbocycles. The van der Waals surface area contributed by atoms with Gasteiger partial charge in [-0.1, -0.05) is 5.16 Å². The standard InChI is InChI=1S/C17H16F3N3O3/c18-17(19,20)25-12-7-5-11(6-8-12)16(24)23-9-1-2-13(23)15-21-14(22-26-15)10-3-4-10/h5-8,10,13H,1-4,9H2. The van der Waals surface area contributed by atoms with E-state index in [2.05, 4.69) is 14.9 Å². The lowest BCUT2D eigenvalue weighted by atomic mass is 10.1. The maximum atomic E-state index is 12.8. The second-order valence-electron chi connectivity index (χ2n) is 6.49. The Kier molecular flexibility index (Phi) is 4.08. The van der Waals surface area contributed by atoms with E-state index in [9.17, 15) is 18.0 Å². The molecular formula is C17H16F3N3O3. The molecule has 1 saturated heterocycles. The molecule has 1 atom stereocenters. The predicted molar refractivity (Wildman–Crippen MR) is 82.4 cm³/mol. The van der Waals surface area contributed by atoms with Gasteiger partial charge < -0.3 is 14.2 Å². The first-order chi connectivity index (χ1) is 12.4. The Bertz CT molecular complexity index is 800. The number of hydrogen-bond acceptors (Lipinski definition) is 5. The molecule has 2 aliphatic rings. The van der Waals surface area contributed by atoms with Crippen LogP contribution in [0.2, 0.25) is 0 Å². The molecule has 1 amide bonds. The lowest BCUT2D eigenvalue weighted by Gasteiger charge is -2.22. The summed E-state index contributed by atoms with van der Waals surface area (Å²) in [6.45, 7) is 0.533. The Morgan fingerprint density at radius 3 is 2.58 bits per heavy atom. The highest BCUT2D eigenvalue weighted by Gasteiger charge is 2.37. The zero-order chi connectivity index (χ0) is 18.3. The molecule has 1 aliphatic carbocycles. The highest BCUT2D eigenvalue weighted by Crippen LogP contribution is 2.40. The first kappa shape index (κ1) is 16.9. The van der Waals surface area contributed by atoms with E-state index in [0.29, 0.717) is 30.6 Å². The molecule has 0 bridgehead atoms. The number of hydrogen-bond donors (Lipinski definition) is 0. The third-order valence-electron chi connectivity index (χ3n) is 4.53. The number of carbonyl (C=O) groups excluding carboxylic acids is 1. The van der Waals surface area contributed by atoms with E-state index in [1.165, 1.54) is 12.1 Å². The molecule has 6 nitrogen and oxygen atoms in total. The zero-order valence-corrected chi connectivity index (χ0v) is 13.7. The van der Waals surface area contributed by atoms with Crippen LogP contribution in [0, 0.1) is 0 Å². The summed E-state index contributed by atoms with van der Waals surface area (Å²) in [7, 11) is 0.